The van der Waals surface area contributed by atoms with Crippen LogP contribution < -0.4 is 5.32 Å². The van der Waals surface area contributed by atoms with Gasteiger partial charge in [0.05, 0.1) is 6.54 Å². The van der Waals surface area contributed by atoms with E-state index in [4.69, 9.17) is 10.7 Å². The van der Waals surface area contributed by atoms with Crippen molar-refractivity contribution in [2.24, 2.45) is 0 Å². The fourth-order valence-electron chi connectivity index (χ4n) is 1.38. The van der Waals surface area contributed by atoms with E-state index in [2.05, 4.69) is 0 Å². The summed E-state index contributed by atoms with van der Waals surface area (Å²) in [6.45, 7) is -2.75. The first-order valence-corrected chi connectivity index (χ1v) is 7.49. The van der Waals surface area contributed by atoms with Gasteiger partial charge in [0.2, 0.25) is 0 Å². The molecule has 0 aromatic carbocycles. The number of nitrogens with zero attached hydrogens (tertiary/aromatic N) is 1. The minimum atomic E-state index is -4.70. The summed E-state index contributed by atoms with van der Waals surface area (Å²) in [5, 5.41) is 1.45. The lowest BCUT2D eigenvalue weighted by molar-refractivity contribution is -0.123. The molecule has 0 saturated carbocycles. The smallest absolute Gasteiger partial charge is 0.342 e. The van der Waals surface area contributed by atoms with Gasteiger partial charge in [0.15, 0.2) is 0 Å². The van der Waals surface area contributed by atoms with Crippen LogP contribution in [-0.2, 0) is 15.6 Å². The molecule has 0 atom stereocenters. The Morgan fingerprint density at radius 2 is 1.95 bits per heavy atom. The Morgan fingerprint density at radius 1 is 1.38 bits per heavy atom. The largest absolute Gasteiger partial charge is 0.405 e. The number of carbonyl (C=O) groups excluding carboxylic acids is 1. The average molecular weight is 355 g/mol. The van der Waals surface area contributed by atoms with E-state index in [1.165, 1.54) is 5.32 Å². The van der Waals surface area contributed by atoms with Gasteiger partial charge in [-0.05, 0) is 6.07 Å². The molecule has 0 bridgehead atoms. The SMILES string of the molecule is O=C(NCC(F)(F)F)c1cc(S(=O)(=O)Cl)cn1CC(F)F. The Kier molecular flexibility index (Phi) is 5.20. The fraction of sp³-hybridized carbons (Fsp3) is 0.444. The maximum atomic E-state index is 12.3. The molecule has 12 heteroatoms. The van der Waals surface area contributed by atoms with Gasteiger partial charge in [-0.2, -0.15) is 13.2 Å². The monoisotopic (exact) mass is 354 g/mol. The highest BCUT2D eigenvalue weighted by atomic mass is 35.7. The topological polar surface area (TPSA) is 68.2 Å². The minimum Gasteiger partial charge on any atom is -0.342 e. The molecule has 1 N–H and O–H groups in total. The zero-order valence-electron chi connectivity index (χ0n) is 9.99. The average Bonchev–Trinajstić information content (AvgIpc) is 2.67. The van der Waals surface area contributed by atoms with E-state index in [0.29, 0.717) is 16.8 Å². The summed E-state index contributed by atoms with van der Waals surface area (Å²) in [4.78, 5) is 10.9. The molecule has 0 aliphatic rings. The summed E-state index contributed by atoms with van der Waals surface area (Å²) < 4.78 is 83.3. The molecule has 0 radical (unpaired) electrons. The molecule has 120 valence electrons. The number of amides is 1. The summed E-state index contributed by atoms with van der Waals surface area (Å²) in [6, 6.07) is 0.621. The molecule has 0 aliphatic heterocycles. The van der Waals surface area contributed by atoms with Crippen LogP contribution in [0, 0.1) is 0 Å². The minimum absolute atomic E-state index is 0.519. The Morgan fingerprint density at radius 3 is 2.38 bits per heavy atom. The molecule has 1 rings (SSSR count). The lowest BCUT2D eigenvalue weighted by Crippen LogP contribution is -2.35. The molecule has 0 saturated heterocycles. The van der Waals surface area contributed by atoms with Gasteiger partial charge in [-0.3, -0.25) is 4.79 Å². The van der Waals surface area contributed by atoms with Gasteiger partial charge in [-0.25, -0.2) is 17.2 Å². The van der Waals surface area contributed by atoms with E-state index < -0.39 is 51.2 Å². The fourth-order valence-corrected chi connectivity index (χ4v) is 2.14. The van der Waals surface area contributed by atoms with Crippen molar-refractivity contribution in [3.8, 4) is 0 Å². The van der Waals surface area contributed by atoms with Gasteiger partial charge in [0.1, 0.15) is 17.1 Å². The summed E-state index contributed by atoms with van der Waals surface area (Å²) in [5.74, 6) is -1.35. The van der Waals surface area contributed by atoms with Crippen LogP contribution in [-0.4, -0.2) is 38.0 Å². The van der Waals surface area contributed by atoms with Crippen molar-refractivity contribution in [2.45, 2.75) is 24.0 Å². The third-order valence-electron chi connectivity index (χ3n) is 2.17. The molecule has 5 nitrogen and oxygen atoms in total. The molecule has 0 aliphatic carbocycles. The number of nitrogens with one attached hydrogen (secondary N) is 1. The van der Waals surface area contributed by atoms with Crippen molar-refractivity contribution in [1.29, 1.82) is 0 Å². The molecule has 0 unspecified atom stereocenters. The number of rotatable bonds is 5. The van der Waals surface area contributed by atoms with Crippen LogP contribution in [0.3, 0.4) is 0 Å². The molecule has 0 spiro atoms. The van der Waals surface area contributed by atoms with Crippen molar-refractivity contribution >= 4 is 25.6 Å². The predicted molar refractivity (Wildman–Crippen MR) is 61.9 cm³/mol. The zero-order chi connectivity index (χ0) is 16.4. The zero-order valence-corrected chi connectivity index (χ0v) is 11.6. The second-order valence-corrected chi connectivity index (χ2v) is 6.41. The van der Waals surface area contributed by atoms with Crippen molar-refractivity contribution in [2.75, 3.05) is 6.54 Å². The van der Waals surface area contributed by atoms with Gasteiger partial charge in [0, 0.05) is 16.9 Å². The maximum Gasteiger partial charge on any atom is 0.405 e. The van der Waals surface area contributed by atoms with Crippen LogP contribution in [0.4, 0.5) is 22.0 Å². The Balaban J connectivity index is 3.08. The first-order valence-electron chi connectivity index (χ1n) is 5.18. The first-order chi connectivity index (χ1) is 9.40. The molecular weight excluding hydrogens is 347 g/mol. The maximum absolute atomic E-state index is 12.3. The highest BCUT2D eigenvalue weighted by Crippen LogP contribution is 2.20. The summed E-state index contributed by atoms with van der Waals surface area (Å²) >= 11 is 0. The molecule has 1 aromatic heterocycles. The molecule has 1 aromatic rings. The van der Waals surface area contributed by atoms with Crippen LogP contribution >= 0.6 is 10.7 Å². The molecular formula is C9H8ClF5N2O3S. The Labute approximate surface area is 120 Å². The van der Waals surface area contributed by atoms with E-state index in [9.17, 15) is 35.2 Å². The lowest BCUT2D eigenvalue weighted by Gasteiger charge is -2.10. The molecule has 0 fully saturated rings. The third-order valence-corrected chi connectivity index (χ3v) is 3.49. The normalized spacial score (nSPS) is 12.7. The van der Waals surface area contributed by atoms with Crippen LogP contribution in [0.1, 0.15) is 10.5 Å². The van der Waals surface area contributed by atoms with E-state index in [1.807, 2.05) is 0 Å². The highest BCUT2D eigenvalue weighted by molar-refractivity contribution is 8.13. The second kappa shape index (κ2) is 6.18. The summed E-state index contributed by atoms with van der Waals surface area (Å²) in [6.07, 6.45) is -6.99. The van der Waals surface area contributed by atoms with Crippen molar-refractivity contribution in [3.05, 3.63) is 18.0 Å². The highest BCUT2D eigenvalue weighted by Gasteiger charge is 2.29. The van der Waals surface area contributed by atoms with E-state index >= 15 is 0 Å². The van der Waals surface area contributed by atoms with Crippen LogP contribution in [0.5, 0.6) is 0 Å². The van der Waals surface area contributed by atoms with Crippen LogP contribution in [0.25, 0.3) is 0 Å². The molecule has 21 heavy (non-hydrogen) atoms. The number of hydrogen-bond acceptors (Lipinski definition) is 3. The number of hydrogen-bond donors (Lipinski definition) is 1. The Hall–Kier alpha value is -1.36. The quantitative estimate of drug-likeness (QED) is 0.649. The van der Waals surface area contributed by atoms with Gasteiger partial charge < -0.3 is 9.88 Å². The second-order valence-electron chi connectivity index (χ2n) is 3.84. The van der Waals surface area contributed by atoms with E-state index in [1.54, 1.807) is 0 Å². The molecule has 1 amide bonds. The van der Waals surface area contributed by atoms with E-state index in [-0.39, 0.29) is 0 Å². The lowest BCUT2D eigenvalue weighted by atomic mass is 10.4. The van der Waals surface area contributed by atoms with Crippen molar-refractivity contribution < 1.29 is 35.2 Å². The van der Waals surface area contributed by atoms with E-state index in [0.717, 1.165) is 0 Å². The van der Waals surface area contributed by atoms with Crippen molar-refractivity contribution in [3.63, 3.8) is 0 Å². The first kappa shape index (κ1) is 17.7. The Bertz CT molecular complexity index is 626. The van der Waals surface area contributed by atoms with Crippen molar-refractivity contribution in [1.82, 2.24) is 9.88 Å². The van der Waals surface area contributed by atoms with Gasteiger partial charge in [-0.1, -0.05) is 0 Å². The van der Waals surface area contributed by atoms with Gasteiger partial charge in [-0.15, -0.1) is 0 Å². The predicted octanol–water partition coefficient (Wildman–Crippen LogP) is 1.97. The number of carbonyl (C=O) groups is 1. The molecule has 1 heterocycles. The third kappa shape index (κ3) is 5.50. The summed E-state index contributed by atoms with van der Waals surface area (Å²) in [5.41, 5.74) is -0.668. The summed E-state index contributed by atoms with van der Waals surface area (Å²) in [7, 11) is 0.682. The number of halogens is 6. The van der Waals surface area contributed by atoms with Crippen LogP contribution in [0.15, 0.2) is 17.2 Å². The standard InChI is InChI=1S/C9H8ClF5N2O3S/c10-21(19,20)5-1-6(17(2-5)3-7(11)12)8(18)16-4-9(13,14)15/h1-2,7H,3-4H2,(H,16,18). The number of aromatic nitrogens is 1. The van der Waals surface area contributed by atoms with Gasteiger partial charge >= 0.3 is 6.18 Å². The number of alkyl halides is 5. The van der Waals surface area contributed by atoms with Gasteiger partial charge in [0.25, 0.3) is 21.4 Å². The van der Waals surface area contributed by atoms with Crippen LogP contribution in [0.2, 0.25) is 0 Å².